The summed E-state index contributed by atoms with van der Waals surface area (Å²) in [7, 11) is 1.70. The number of benzene rings is 2. The summed E-state index contributed by atoms with van der Waals surface area (Å²) in [6.45, 7) is 4.93. The number of methoxy groups -OCH3 is 1. The third kappa shape index (κ3) is 5.26. The fourth-order valence-corrected chi connectivity index (χ4v) is 5.73. The molecule has 2 aliphatic rings. The average molecular weight is 565 g/mol. The lowest BCUT2D eigenvalue weighted by atomic mass is 9.88. The van der Waals surface area contributed by atoms with Gasteiger partial charge in [-0.15, -0.1) is 5.10 Å². The van der Waals surface area contributed by atoms with E-state index in [2.05, 4.69) is 37.7 Å². The van der Waals surface area contributed by atoms with Gasteiger partial charge < -0.3 is 14.2 Å². The number of nitrogens with zero attached hydrogens (tertiary/aromatic N) is 5. The van der Waals surface area contributed by atoms with Crippen LogP contribution < -0.4 is 9.47 Å². The highest BCUT2D eigenvalue weighted by molar-refractivity contribution is 6.30. The Balaban J connectivity index is 1.15. The minimum absolute atomic E-state index is 0.300. The van der Waals surface area contributed by atoms with E-state index in [1.807, 2.05) is 18.3 Å². The van der Waals surface area contributed by atoms with Crippen LogP contribution in [0.4, 0.5) is 4.39 Å². The molecular formula is C29H30ClFN6O3. The normalized spacial score (nSPS) is 19.3. The van der Waals surface area contributed by atoms with Crippen LogP contribution in [0.1, 0.15) is 48.1 Å². The highest BCUT2D eigenvalue weighted by Crippen LogP contribution is 2.49. The first-order chi connectivity index (χ1) is 19.4. The van der Waals surface area contributed by atoms with Crippen molar-refractivity contribution in [2.75, 3.05) is 26.8 Å². The number of halogens is 2. The number of tetrazole rings is 1. The molecule has 4 aromatic rings. The van der Waals surface area contributed by atoms with Gasteiger partial charge in [-0.05, 0) is 84.6 Å². The molecule has 1 fully saturated rings. The van der Waals surface area contributed by atoms with E-state index in [1.165, 1.54) is 6.07 Å². The Kier molecular flexibility index (Phi) is 7.39. The second kappa shape index (κ2) is 11.1. The van der Waals surface area contributed by atoms with Crippen LogP contribution in [0.25, 0.3) is 11.4 Å². The lowest BCUT2D eigenvalue weighted by Gasteiger charge is -2.33. The van der Waals surface area contributed by atoms with Crippen molar-refractivity contribution in [2.45, 2.75) is 44.4 Å². The Morgan fingerprint density at radius 2 is 2.02 bits per heavy atom. The van der Waals surface area contributed by atoms with Crippen molar-refractivity contribution in [3.8, 4) is 22.9 Å². The van der Waals surface area contributed by atoms with E-state index in [-0.39, 0.29) is 0 Å². The van der Waals surface area contributed by atoms with E-state index in [9.17, 15) is 4.39 Å². The van der Waals surface area contributed by atoms with E-state index in [0.29, 0.717) is 40.4 Å². The number of rotatable bonds is 8. The zero-order chi connectivity index (χ0) is 27.7. The van der Waals surface area contributed by atoms with Gasteiger partial charge in [0.05, 0.1) is 17.9 Å². The van der Waals surface area contributed by atoms with Crippen LogP contribution in [0.3, 0.4) is 0 Å². The lowest BCUT2D eigenvalue weighted by molar-refractivity contribution is -0.0712. The van der Waals surface area contributed by atoms with Crippen LogP contribution >= 0.6 is 11.6 Å². The average Bonchev–Trinajstić information content (AvgIpc) is 3.61. The van der Waals surface area contributed by atoms with Gasteiger partial charge in [-0.1, -0.05) is 23.7 Å². The molecular weight excluding hydrogens is 535 g/mol. The van der Waals surface area contributed by atoms with Crippen molar-refractivity contribution in [1.29, 1.82) is 0 Å². The van der Waals surface area contributed by atoms with Crippen molar-refractivity contribution in [1.82, 2.24) is 30.5 Å². The monoisotopic (exact) mass is 564 g/mol. The molecule has 0 spiro atoms. The topological polar surface area (TPSA) is 98.3 Å². The summed E-state index contributed by atoms with van der Waals surface area (Å²) in [5, 5.41) is 14.5. The number of pyridine rings is 1. The van der Waals surface area contributed by atoms with Gasteiger partial charge >= 0.3 is 0 Å². The summed E-state index contributed by atoms with van der Waals surface area (Å²) < 4.78 is 32.6. The predicted octanol–water partition coefficient (Wildman–Crippen LogP) is 5.27. The van der Waals surface area contributed by atoms with Crippen LogP contribution in [0.5, 0.6) is 11.5 Å². The number of H-pyrrole nitrogens is 1. The van der Waals surface area contributed by atoms with Gasteiger partial charge in [0.15, 0.2) is 17.3 Å². The molecule has 1 N–H and O–H groups in total. The molecule has 0 radical (unpaired) electrons. The Hall–Kier alpha value is -3.60. The van der Waals surface area contributed by atoms with E-state index in [1.54, 1.807) is 26.2 Å². The van der Waals surface area contributed by atoms with Crippen molar-refractivity contribution in [3.05, 3.63) is 81.9 Å². The fraction of sp³-hybridized carbons (Fsp3) is 0.379. The maximum atomic E-state index is 14.8. The zero-order valence-electron chi connectivity index (χ0n) is 22.4. The molecule has 1 unspecified atom stereocenters. The van der Waals surface area contributed by atoms with Crippen molar-refractivity contribution in [2.24, 2.45) is 0 Å². The molecule has 4 heterocycles. The molecule has 0 saturated carbocycles. The van der Waals surface area contributed by atoms with E-state index in [0.717, 1.165) is 61.3 Å². The lowest BCUT2D eigenvalue weighted by Crippen LogP contribution is -2.34. The molecule has 11 heteroatoms. The van der Waals surface area contributed by atoms with Crippen LogP contribution in [-0.4, -0.2) is 57.3 Å². The maximum Gasteiger partial charge on any atom is 0.278 e. The number of likely N-dealkylation sites (tertiary alicyclic amines) is 1. The first-order valence-corrected chi connectivity index (χ1v) is 13.7. The van der Waals surface area contributed by atoms with Gasteiger partial charge in [-0.3, -0.25) is 9.88 Å². The summed E-state index contributed by atoms with van der Waals surface area (Å²) in [6.07, 6.45) is 4.49. The SMILES string of the molecule is COCCc1cc(-c2nnn[nH]2)cnc1CN1CCC(c2cccc3c2OC(C)(c2ccc(Cl)cc2F)O3)CC1. The van der Waals surface area contributed by atoms with Crippen LogP contribution in [0.15, 0.2) is 48.7 Å². The zero-order valence-corrected chi connectivity index (χ0v) is 23.1. The standard InChI is InChI=1S/C29H30ClFN6O3/c1-29(23-7-6-21(30)15-24(23)31)39-26-5-3-4-22(27(26)40-29)18-8-11-37(12-9-18)17-25-19(10-13-38-2)14-20(16-32-25)28-33-35-36-34-28/h3-7,14-16,18H,8-13,17H2,1-2H3,(H,33,34,35,36). The van der Waals surface area contributed by atoms with Gasteiger partial charge in [0.1, 0.15) is 5.82 Å². The molecule has 0 aliphatic carbocycles. The summed E-state index contributed by atoms with van der Waals surface area (Å²) in [4.78, 5) is 7.20. The minimum atomic E-state index is -1.26. The number of piperidine rings is 1. The number of fused-ring (bicyclic) bond motifs is 1. The molecule has 6 rings (SSSR count). The number of aromatic nitrogens is 5. The second-order valence-electron chi connectivity index (χ2n) is 10.3. The number of hydrogen-bond donors (Lipinski definition) is 1. The molecule has 2 aromatic carbocycles. The third-order valence-electron chi connectivity index (χ3n) is 7.69. The van der Waals surface area contributed by atoms with E-state index < -0.39 is 11.6 Å². The summed E-state index contributed by atoms with van der Waals surface area (Å²) in [6, 6.07) is 12.6. The molecule has 1 atom stereocenters. The second-order valence-corrected chi connectivity index (χ2v) is 10.8. The highest BCUT2D eigenvalue weighted by atomic mass is 35.5. The van der Waals surface area contributed by atoms with Crippen molar-refractivity contribution >= 4 is 11.6 Å². The Morgan fingerprint density at radius 3 is 2.77 bits per heavy atom. The summed E-state index contributed by atoms with van der Waals surface area (Å²) in [5.41, 5.74) is 4.42. The highest BCUT2D eigenvalue weighted by Gasteiger charge is 2.43. The molecule has 2 aromatic heterocycles. The number of ether oxygens (including phenoxy) is 3. The minimum Gasteiger partial charge on any atom is -0.444 e. The van der Waals surface area contributed by atoms with Crippen LogP contribution in [-0.2, 0) is 23.5 Å². The van der Waals surface area contributed by atoms with Crippen LogP contribution in [0.2, 0.25) is 5.02 Å². The van der Waals surface area contributed by atoms with Gasteiger partial charge in [0.2, 0.25) is 0 Å². The Labute approximate surface area is 236 Å². The van der Waals surface area contributed by atoms with Gasteiger partial charge in [0, 0.05) is 42.9 Å². The summed E-state index contributed by atoms with van der Waals surface area (Å²) >= 11 is 5.96. The molecule has 208 valence electrons. The van der Waals surface area contributed by atoms with Gasteiger partial charge in [0.25, 0.3) is 5.79 Å². The van der Waals surface area contributed by atoms with Gasteiger partial charge in [-0.25, -0.2) is 9.49 Å². The van der Waals surface area contributed by atoms with Crippen molar-refractivity contribution < 1.29 is 18.6 Å². The number of para-hydroxylation sites is 1. The quantitative estimate of drug-likeness (QED) is 0.309. The number of hydrogen-bond acceptors (Lipinski definition) is 8. The summed E-state index contributed by atoms with van der Waals surface area (Å²) in [5.74, 6) is 0.502. The Bertz CT molecular complexity index is 1500. The van der Waals surface area contributed by atoms with E-state index >= 15 is 0 Å². The molecule has 2 aliphatic heterocycles. The van der Waals surface area contributed by atoms with Crippen LogP contribution in [0, 0.1) is 5.82 Å². The molecule has 0 amide bonds. The number of aromatic amines is 1. The maximum absolute atomic E-state index is 14.8. The fourth-order valence-electron chi connectivity index (χ4n) is 5.57. The predicted molar refractivity (Wildman–Crippen MR) is 147 cm³/mol. The largest absolute Gasteiger partial charge is 0.444 e. The first kappa shape index (κ1) is 26.6. The molecule has 1 saturated heterocycles. The van der Waals surface area contributed by atoms with Crippen molar-refractivity contribution in [3.63, 3.8) is 0 Å². The Morgan fingerprint density at radius 1 is 1.18 bits per heavy atom. The van der Waals surface area contributed by atoms with E-state index in [4.69, 9.17) is 30.8 Å². The molecule has 9 nitrogen and oxygen atoms in total. The smallest absolute Gasteiger partial charge is 0.278 e. The molecule has 40 heavy (non-hydrogen) atoms. The van der Waals surface area contributed by atoms with Gasteiger partial charge in [-0.2, -0.15) is 0 Å². The first-order valence-electron chi connectivity index (χ1n) is 13.3. The molecule has 0 bridgehead atoms. The third-order valence-corrected chi connectivity index (χ3v) is 7.92. The number of nitrogens with one attached hydrogen (secondary N) is 1.